The SMILES string of the molecule is CC(C)C1CCN(C(=O)Nc2cccc(Cl)c2C(=O)O)C1. The van der Waals surface area contributed by atoms with Gasteiger partial charge in [-0.15, -0.1) is 0 Å². The molecule has 1 aromatic rings. The number of hydrogen-bond acceptors (Lipinski definition) is 2. The Bertz CT molecular complexity index is 560. The first-order valence-corrected chi connectivity index (χ1v) is 7.35. The minimum atomic E-state index is -1.16. The van der Waals surface area contributed by atoms with Gasteiger partial charge in [-0.25, -0.2) is 9.59 Å². The quantitative estimate of drug-likeness (QED) is 0.897. The molecular weight excluding hydrogens is 292 g/mol. The number of halogens is 1. The van der Waals surface area contributed by atoms with Gasteiger partial charge < -0.3 is 15.3 Å². The van der Waals surface area contributed by atoms with E-state index in [-0.39, 0.29) is 22.3 Å². The minimum absolute atomic E-state index is 0.0767. The first kappa shape index (κ1) is 15.6. The van der Waals surface area contributed by atoms with Crippen LogP contribution in [-0.2, 0) is 0 Å². The molecule has 1 aliphatic rings. The number of carboxylic acids is 1. The maximum Gasteiger partial charge on any atom is 0.339 e. The van der Waals surface area contributed by atoms with Crippen LogP contribution in [0.3, 0.4) is 0 Å². The van der Waals surface area contributed by atoms with E-state index in [1.54, 1.807) is 17.0 Å². The lowest BCUT2D eigenvalue weighted by Gasteiger charge is -2.19. The predicted octanol–water partition coefficient (Wildman–Crippen LogP) is 3.55. The van der Waals surface area contributed by atoms with Crippen LogP contribution in [0.4, 0.5) is 10.5 Å². The Kier molecular flexibility index (Phi) is 4.73. The van der Waals surface area contributed by atoms with Crippen LogP contribution in [0.5, 0.6) is 0 Å². The van der Waals surface area contributed by atoms with E-state index in [9.17, 15) is 14.7 Å². The Morgan fingerprint density at radius 2 is 2.14 bits per heavy atom. The smallest absolute Gasteiger partial charge is 0.339 e. The van der Waals surface area contributed by atoms with Crippen LogP contribution >= 0.6 is 11.6 Å². The summed E-state index contributed by atoms with van der Waals surface area (Å²) in [6.07, 6.45) is 0.979. The lowest BCUT2D eigenvalue weighted by Crippen LogP contribution is -2.33. The molecule has 21 heavy (non-hydrogen) atoms. The second-order valence-electron chi connectivity index (χ2n) is 5.64. The van der Waals surface area contributed by atoms with Crippen LogP contribution in [0.2, 0.25) is 5.02 Å². The molecule has 2 amide bonds. The molecule has 0 spiro atoms. The largest absolute Gasteiger partial charge is 0.478 e. The van der Waals surface area contributed by atoms with E-state index in [4.69, 9.17) is 11.6 Å². The zero-order valence-corrected chi connectivity index (χ0v) is 12.9. The summed E-state index contributed by atoms with van der Waals surface area (Å²) < 4.78 is 0. The van der Waals surface area contributed by atoms with Crippen molar-refractivity contribution in [2.45, 2.75) is 20.3 Å². The maximum atomic E-state index is 12.2. The van der Waals surface area contributed by atoms with Crippen molar-refractivity contribution in [3.05, 3.63) is 28.8 Å². The number of nitrogens with one attached hydrogen (secondary N) is 1. The Morgan fingerprint density at radius 3 is 2.71 bits per heavy atom. The lowest BCUT2D eigenvalue weighted by molar-refractivity contribution is 0.0698. The minimum Gasteiger partial charge on any atom is -0.478 e. The lowest BCUT2D eigenvalue weighted by atomic mass is 9.95. The molecule has 1 heterocycles. The molecule has 0 bridgehead atoms. The number of carbonyl (C=O) groups excluding carboxylic acids is 1. The fourth-order valence-corrected chi connectivity index (χ4v) is 2.81. The molecule has 0 saturated carbocycles. The molecule has 1 fully saturated rings. The highest BCUT2D eigenvalue weighted by Crippen LogP contribution is 2.27. The van der Waals surface area contributed by atoms with Crippen molar-refractivity contribution in [3.63, 3.8) is 0 Å². The summed E-state index contributed by atoms with van der Waals surface area (Å²) in [6, 6.07) is 4.38. The van der Waals surface area contributed by atoms with E-state index >= 15 is 0 Å². The number of anilines is 1. The number of nitrogens with zero attached hydrogens (tertiary/aromatic N) is 1. The molecule has 2 N–H and O–H groups in total. The molecule has 114 valence electrons. The van der Waals surface area contributed by atoms with E-state index < -0.39 is 5.97 Å². The Balaban J connectivity index is 2.11. The molecule has 0 aliphatic carbocycles. The number of carboxylic acid groups (broad SMARTS) is 1. The van der Waals surface area contributed by atoms with E-state index in [0.29, 0.717) is 24.9 Å². The normalized spacial score (nSPS) is 18.1. The number of likely N-dealkylation sites (tertiary alicyclic amines) is 1. The zero-order chi connectivity index (χ0) is 15.6. The number of rotatable bonds is 3. The topological polar surface area (TPSA) is 69.6 Å². The fourth-order valence-electron chi connectivity index (χ4n) is 2.56. The first-order valence-electron chi connectivity index (χ1n) is 6.98. The second-order valence-corrected chi connectivity index (χ2v) is 6.04. The average molecular weight is 311 g/mol. The number of aromatic carboxylic acids is 1. The molecule has 1 unspecified atom stereocenters. The van der Waals surface area contributed by atoms with Crippen molar-refractivity contribution < 1.29 is 14.7 Å². The molecule has 1 aromatic carbocycles. The Morgan fingerprint density at radius 1 is 1.43 bits per heavy atom. The fraction of sp³-hybridized carbons (Fsp3) is 0.467. The van der Waals surface area contributed by atoms with Gasteiger partial charge in [0.25, 0.3) is 0 Å². The van der Waals surface area contributed by atoms with Gasteiger partial charge in [0.1, 0.15) is 5.56 Å². The van der Waals surface area contributed by atoms with Gasteiger partial charge in [-0.3, -0.25) is 0 Å². The van der Waals surface area contributed by atoms with Gasteiger partial charge in [0.2, 0.25) is 0 Å². The maximum absolute atomic E-state index is 12.2. The van der Waals surface area contributed by atoms with Crippen LogP contribution in [-0.4, -0.2) is 35.1 Å². The number of hydrogen-bond donors (Lipinski definition) is 2. The summed E-state index contributed by atoms with van der Waals surface area (Å²) >= 11 is 5.89. The number of carbonyl (C=O) groups is 2. The summed E-state index contributed by atoms with van der Waals surface area (Å²) in [5.41, 5.74) is 0.153. The molecule has 1 aliphatic heterocycles. The highest BCUT2D eigenvalue weighted by atomic mass is 35.5. The van der Waals surface area contributed by atoms with Crippen LogP contribution < -0.4 is 5.32 Å². The molecule has 1 atom stereocenters. The third-order valence-electron chi connectivity index (χ3n) is 3.92. The van der Waals surface area contributed by atoms with Gasteiger partial charge in [-0.1, -0.05) is 31.5 Å². The van der Waals surface area contributed by atoms with E-state index in [2.05, 4.69) is 19.2 Å². The van der Waals surface area contributed by atoms with Crippen molar-refractivity contribution in [2.75, 3.05) is 18.4 Å². The van der Waals surface area contributed by atoms with Crippen molar-refractivity contribution >= 4 is 29.3 Å². The van der Waals surface area contributed by atoms with Crippen molar-refractivity contribution in [1.82, 2.24) is 4.90 Å². The monoisotopic (exact) mass is 310 g/mol. The van der Waals surface area contributed by atoms with Gasteiger partial charge >= 0.3 is 12.0 Å². The van der Waals surface area contributed by atoms with Crippen molar-refractivity contribution in [2.24, 2.45) is 11.8 Å². The number of urea groups is 1. The van der Waals surface area contributed by atoms with Crippen molar-refractivity contribution in [1.29, 1.82) is 0 Å². The van der Waals surface area contributed by atoms with Gasteiger partial charge in [0.15, 0.2) is 0 Å². The standard InChI is InChI=1S/C15H19ClN2O3/c1-9(2)10-6-7-18(8-10)15(21)17-12-5-3-4-11(16)13(12)14(19)20/h3-5,9-10H,6-8H2,1-2H3,(H,17,21)(H,19,20). The summed E-state index contributed by atoms with van der Waals surface area (Å²) in [7, 11) is 0. The molecule has 0 radical (unpaired) electrons. The highest BCUT2D eigenvalue weighted by molar-refractivity contribution is 6.34. The molecular formula is C15H19ClN2O3. The number of amides is 2. The Labute approximate surface area is 128 Å². The van der Waals surface area contributed by atoms with E-state index in [1.807, 2.05) is 0 Å². The Hall–Kier alpha value is -1.75. The third kappa shape index (κ3) is 3.47. The first-order chi connectivity index (χ1) is 9.90. The molecule has 2 rings (SSSR count). The number of benzene rings is 1. The molecule has 5 nitrogen and oxygen atoms in total. The van der Waals surface area contributed by atoms with Gasteiger partial charge in [0.05, 0.1) is 10.7 Å². The zero-order valence-electron chi connectivity index (χ0n) is 12.1. The van der Waals surface area contributed by atoms with Crippen LogP contribution in [0.1, 0.15) is 30.6 Å². The van der Waals surface area contributed by atoms with Gasteiger partial charge in [0, 0.05) is 13.1 Å². The highest BCUT2D eigenvalue weighted by Gasteiger charge is 2.28. The summed E-state index contributed by atoms with van der Waals surface area (Å²) in [5.74, 6) is -0.130. The van der Waals surface area contributed by atoms with Gasteiger partial charge in [-0.05, 0) is 30.4 Å². The van der Waals surface area contributed by atoms with Crippen molar-refractivity contribution in [3.8, 4) is 0 Å². The summed E-state index contributed by atoms with van der Waals surface area (Å²) in [6.45, 7) is 5.68. The molecule has 6 heteroatoms. The van der Waals surface area contributed by atoms with Crippen LogP contribution in [0, 0.1) is 11.8 Å². The van der Waals surface area contributed by atoms with Crippen LogP contribution in [0.15, 0.2) is 18.2 Å². The second kappa shape index (κ2) is 6.35. The summed E-state index contributed by atoms with van der Waals surface area (Å²) in [4.78, 5) is 25.2. The average Bonchev–Trinajstić information content (AvgIpc) is 2.88. The van der Waals surface area contributed by atoms with E-state index in [0.717, 1.165) is 6.42 Å². The summed E-state index contributed by atoms with van der Waals surface area (Å²) in [5, 5.41) is 12.0. The predicted molar refractivity (Wildman–Crippen MR) is 81.9 cm³/mol. The van der Waals surface area contributed by atoms with Gasteiger partial charge in [-0.2, -0.15) is 0 Å². The van der Waals surface area contributed by atoms with Crippen LogP contribution in [0.25, 0.3) is 0 Å². The molecule has 0 aromatic heterocycles. The van der Waals surface area contributed by atoms with E-state index in [1.165, 1.54) is 6.07 Å². The molecule has 1 saturated heterocycles. The third-order valence-corrected chi connectivity index (χ3v) is 4.24.